The molecule has 1 aromatic rings. The highest BCUT2D eigenvalue weighted by atomic mass is 32.2. The van der Waals surface area contributed by atoms with E-state index < -0.39 is 0 Å². The van der Waals surface area contributed by atoms with E-state index in [9.17, 15) is 0 Å². The summed E-state index contributed by atoms with van der Waals surface area (Å²) >= 11 is 4.17. The van der Waals surface area contributed by atoms with Gasteiger partial charge in [-0.15, -0.1) is 23.5 Å². The third-order valence-electron chi connectivity index (χ3n) is 2.60. The van der Waals surface area contributed by atoms with Crippen molar-refractivity contribution in [1.29, 1.82) is 0 Å². The zero-order valence-corrected chi connectivity index (χ0v) is 8.85. The Balaban J connectivity index is 1.94. The van der Waals surface area contributed by atoms with Crippen molar-refractivity contribution in [3.8, 4) is 0 Å². The largest absolute Gasteiger partial charge is 0.276 e. The lowest BCUT2D eigenvalue weighted by Crippen LogP contribution is -2.18. The van der Waals surface area contributed by atoms with Crippen molar-refractivity contribution < 1.29 is 0 Å². The van der Waals surface area contributed by atoms with Crippen LogP contribution >= 0.6 is 23.5 Å². The molecule has 0 unspecified atom stereocenters. The SMILES string of the molecule is c1ccc([C@@H]2C3SCN2CS3)cc1. The third-order valence-corrected chi connectivity index (χ3v) is 5.55. The molecule has 1 aromatic carbocycles. The zero-order chi connectivity index (χ0) is 8.67. The number of benzene rings is 1. The Morgan fingerprint density at radius 1 is 1.08 bits per heavy atom. The number of rotatable bonds is 1. The van der Waals surface area contributed by atoms with Crippen molar-refractivity contribution in [1.82, 2.24) is 4.90 Å². The first-order chi connectivity index (χ1) is 6.45. The van der Waals surface area contributed by atoms with Gasteiger partial charge in [0.05, 0.1) is 10.6 Å². The lowest BCUT2D eigenvalue weighted by molar-refractivity contribution is 0.328. The third kappa shape index (κ3) is 1.30. The summed E-state index contributed by atoms with van der Waals surface area (Å²) in [6, 6.07) is 11.6. The topological polar surface area (TPSA) is 3.24 Å². The van der Waals surface area contributed by atoms with Crippen molar-refractivity contribution in [2.24, 2.45) is 0 Å². The molecule has 0 spiro atoms. The van der Waals surface area contributed by atoms with E-state index >= 15 is 0 Å². The monoisotopic (exact) mass is 209 g/mol. The Morgan fingerprint density at radius 3 is 2.31 bits per heavy atom. The van der Waals surface area contributed by atoms with Crippen molar-refractivity contribution in [2.45, 2.75) is 10.6 Å². The predicted molar refractivity (Wildman–Crippen MR) is 59.7 cm³/mol. The Labute approximate surface area is 86.9 Å². The lowest BCUT2D eigenvalue weighted by atomic mass is 10.1. The summed E-state index contributed by atoms with van der Waals surface area (Å²) in [6.45, 7) is 0. The lowest BCUT2D eigenvalue weighted by Gasteiger charge is -2.16. The minimum absolute atomic E-state index is 0.677. The second kappa shape index (κ2) is 3.23. The smallest absolute Gasteiger partial charge is 0.0725 e. The Hall–Kier alpha value is -0.120. The second-order valence-corrected chi connectivity index (χ2v) is 5.90. The predicted octanol–water partition coefficient (Wildman–Crippen LogP) is 2.76. The number of nitrogens with zero attached hydrogens (tertiary/aromatic N) is 1. The first kappa shape index (κ1) is 8.21. The van der Waals surface area contributed by atoms with Gasteiger partial charge in [-0.05, 0) is 5.56 Å². The fourth-order valence-electron chi connectivity index (χ4n) is 1.96. The van der Waals surface area contributed by atoms with Gasteiger partial charge in [0.15, 0.2) is 0 Å². The van der Waals surface area contributed by atoms with Crippen LogP contribution in [-0.2, 0) is 0 Å². The van der Waals surface area contributed by atoms with Crippen LogP contribution < -0.4 is 0 Å². The van der Waals surface area contributed by atoms with Crippen LogP contribution in [-0.4, -0.2) is 21.2 Å². The highest BCUT2D eigenvalue weighted by Gasteiger charge is 2.41. The molecule has 1 atom stereocenters. The molecule has 0 N–H and O–H groups in total. The van der Waals surface area contributed by atoms with Crippen molar-refractivity contribution in [3.63, 3.8) is 0 Å². The minimum atomic E-state index is 0.677. The van der Waals surface area contributed by atoms with Crippen LogP contribution in [0.1, 0.15) is 11.6 Å². The maximum atomic E-state index is 2.56. The summed E-state index contributed by atoms with van der Waals surface area (Å²) in [7, 11) is 0. The summed E-state index contributed by atoms with van der Waals surface area (Å²) < 4.78 is 0.780. The fourth-order valence-corrected chi connectivity index (χ4v) is 5.03. The van der Waals surface area contributed by atoms with E-state index in [0.717, 1.165) is 4.58 Å². The molecule has 2 saturated heterocycles. The quantitative estimate of drug-likeness (QED) is 0.700. The van der Waals surface area contributed by atoms with Crippen LogP contribution in [0.3, 0.4) is 0 Å². The van der Waals surface area contributed by atoms with Crippen molar-refractivity contribution in [3.05, 3.63) is 35.9 Å². The molecule has 2 heterocycles. The van der Waals surface area contributed by atoms with Crippen LogP contribution in [0.25, 0.3) is 0 Å². The van der Waals surface area contributed by atoms with E-state index in [-0.39, 0.29) is 0 Å². The summed E-state index contributed by atoms with van der Waals surface area (Å²) in [4.78, 5) is 2.56. The van der Waals surface area contributed by atoms with E-state index in [2.05, 4.69) is 58.8 Å². The van der Waals surface area contributed by atoms with E-state index in [4.69, 9.17) is 0 Å². The molecular formula is C10H11NS2. The molecule has 2 aliphatic rings. The average molecular weight is 209 g/mol. The Morgan fingerprint density at radius 2 is 1.77 bits per heavy atom. The second-order valence-electron chi connectivity index (χ2n) is 3.40. The highest BCUT2D eigenvalue weighted by Crippen LogP contribution is 2.51. The zero-order valence-electron chi connectivity index (χ0n) is 7.22. The normalized spacial score (nSPS) is 36.8. The molecule has 0 aromatic heterocycles. The summed E-state index contributed by atoms with van der Waals surface area (Å²) in [5.74, 6) is 2.44. The molecule has 0 saturated carbocycles. The number of hydrogen-bond acceptors (Lipinski definition) is 3. The van der Waals surface area contributed by atoms with E-state index in [1.807, 2.05) is 0 Å². The Kier molecular flexibility index (Phi) is 2.04. The van der Waals surface area contributed by atoms with Crippen molar-refractivity contribution in [2.75, 3.05) is 11.8 Å². The van der Waals surface area contributed by atoms with E-state index in [0.29, 0.717) is 6.04 Å². The molecule has 0 radical (unpaired) electrons. The van der Waals surface area contributed by atoms with Crippen LogP contribution in [0.2, 0.25) is 0 Å². The van der Waals surface area contributed by atoms with Gasteiger partial charge in [0, 0.05) is 11.8 Å². The molecule has 2 bridgehead atoms. The molecule has 3 rings (SSSR count). The maximum absolute atomic E-state index is 2.56. The minimum Gasteiger partial charge on any atom is -0.276 e. The van der Waals surface area contributed by atoms with Crippen LogP contribution in [0.15, 0.2) is 30.3 Å². The first-order valence-corrected chi connectivity index (χ1v) is 6.57. The Bertz CT molecular complexity index is 281. The number of hydrogen-bond donors (Lipinski definition) is 0. The molecular weight excluding hydrogens is 198 g/mol. The van der Waals surface area contributed by atoms with Gasteiger partial charge in [-0.3, -0.25) is 4.90 Å². The molecule has 13 heavy (non-hydrogen) atoms. The molecule has 1 nitrogen and oxygen atoms in total. The molecule has 2 aliphatic heterocycles. The van der Waals surface area contributed by atoms with Crippen molar-refractivity contribution >= 4 is 23.5 Å². The molecule has 68 valence electrons. The molecule has 0 aliphatic carbocycles. The molecule has 2 fully saturated rings. The van der Waals surface area contributed by atoms with Crippen LogP contribution in [0.4, 0.5) is 0 Å². The van der Waals surface area contributed by atoms with Gasteiger partial charge in [0.1, 0.15) is 0 Å². The number of fused-ring (bicyclic) bond motifs is 2. The van der Waals surface area contributed by atoms with Crippen LogP contribution in [0.5, 0.6) is 0 Å². The van der Waals surface area contributed by atoms with E-state index in [1.54, 1.807) is 0 Å². The van der Waals surface area contributed by atoms with Gasteiger partial charge < -0.3 is 0 Å². The maximum Gasteiger partial charge on any atom is 0.0725 e. The molecule has 3 heteroatoms. The van der Waals surface area contributed by atoms with Gasteiger partial charge in [-0.25, -0.2) is 0 Å². The van der Waals surface area contributed by atoms with Gasteiger partial charge in [0.2, 0.25) is 0 Å². The molecule has 0 amide bonds. The fraction of sp³-hybridized carbons (Fsp3) is 0.400. The standard InChI is InChI=1S/C10H11NS2/c1-2-4-8(5-3-1)9-10-12-6-11(9)7-13-10/h1-5,9-10H,6-7H2/t9-/m1/s1. The van der Waals surface area contributed by atoms with Gasteiger partial charge >= 0.3 is 0 Å². The van der Waals surface area contributed by atoms with Gasteiger partial charge in [-0.1, -0.05) is 30.3 Å². The highest BCUT2D eigenvalue weighted by molar-refractivity contribution is 8.17. The summed E-state index contributed by atoms with van der Waals surface area (Å²) in [5.41, 5.74) is 1.49. The first-order valence-electron chi connectivity index (χ1n) is 4.47. The van der Waals surface area contributed by atoms with E-state index in [1.165, 1.54) is 17.3 Å². The summed E-state index contributed by atoms with van der Waals surface area (Å²) in [5, 5.41) is 0. The summed E-state index contributed by atoms with van der Waals surface area (Å²) in [6.07, 6.45) is 0. The van der Waals surface area contributed by atoms with Gasteiger partial charge in [-0.2, -0.15) is 0 Å². The van der Waals surface area contributed by atoms with Crippen LogP contribution in [0, 0.1) is 0 Å². The average Bonchev–Trinajstić information content (AvgIpc) is 2.78. The number of thioether (sulfide) groups is 2. The van der Waals surface area contributed by atoms with Gasteiger partial charge in [0.25, 0.3) is 0 Å².